The van der Waals surface area contributed by atoms with Gasteiger partial charge in [-0.15, -0.1) is 0 Å². The van der Waals surface area contributed by atoms with Gasteiger partial charge in [-0.3, -0.25) is 9.36 Å². The van der Waals surface area contributed by atoms with Crippen molar-refractivity contribution in [3.8, 4) is 0 Å². The van der Waals surface area contributed by atoms with Gasteiger partial charge >= 0.3 is 5.69 Å². The zero-order valence-corrected chi connectivity index (χ0v) is 19.0. The molecule has 0 N–H and O–H groups in total. The van der Waals surface area contributed by atoms with Crippen LogP contribution in [0.1, 0.15) is 36.8 Å². The van der Waals surface area contributed by atoms with Gasteiger partial charge in [0.05, 0.1) is 32.7 Å². The van der Waals surface area contributed by atoms with Crippen molar-refractivity contribution in [2.45, 2.75) is 44.5 Å². The molecule has 1 atom stereocenters. The molecule has 0 spiro atoms. The average molecular weight is 444 g/mol. The van der Waals surface area contributed by atoms with Gasteiger partial charge in [0.15, 0.2) is 5.82 Å². The lowest BCUT2D eigenvalue weighted by molar-refractivity contribution is -0.139. The van der Waals surface area contributed by atoms with Crippen molar-refractivity contribution in [1.82, 2.24) is 24.1 Å². The van der Waals surface area contributed by atoms with Gasteiger partial charge in [0.2, 0.25) is 5.91 Å². The molecule has 1 aromatic carbocycles. The molecule has 1 unspecified atom stereocenters. The van der Waals surface area contributed by atoms with E-state index >= 15 is 0 Å². The number of methoxy groups -OCH3 is 1. The Morgan fingerprint density at radius 2 is 1.97 bits per heavy atom. The molecule has 0 aliphatic carbocycles. The van der Waals surface area contributed by atoms with Crippen molar-refractivity contribution in [3.05, 3.63) is 52.2 Å². The van der Waals surface area contributed by atoms with Gasteiger partial charge < -0.3 is 19.3 Å². The highest BCUT2D eigenvalue weighted by molar-refractivity contribution is 5.77. The molecule has 1 aromatic heterocycles. The number of fused-ring (bicyclic) bond motifs is 1. The zero-order valence-electron chi connectivity index (χ0n) is 19.0. The average Bonchev–Trinajstić information content (AvgIpc) is 3.12. The molecule has 32 heavy (non-hydrogen) atoms. The first-order valence-electron chi connectivity index (χ1n) is 11.4. The van der Waals surface area contributed by atoms with Gasteiger partial charge in [-0.1, -0.05) is 30.3 Å². The number of likely N-dealkylation sites (tertiary alicyclic amines) is 1. The standard InChI is InChI=1S/C23H33N5O4/c1-25-10-8-19(9-11-25)26(12-14-31-2)21(29)16-20-22-24-28(17-18-6-4-3-5-7-18)23(30)27(22)13-15-32-20/h3-7,19-20H,8-17H2,1-2H3. The van der Waals surface area contributed by atoms with Crippen molar-refractivity contribution < 1.29 is 14.3 Å². The van der Waals surface area contributed by atoms with Crippen LogP contribution in [0.4, 0.5) is 0 Å². The number of aromatic nitrogens is 3. The number of nitrogens with zero attached hydrogens (tertiary/aromatic N) is 5. The van der Waals surface area contributed by atoms with Crippen molar-refractivity contribution in [3.63, 3.8) is 0 Å². The summed E-state index contributed by atoms with van der Waals surface area (Å²) in [6, 6.07) is 9.97. The second-order valence-electron chi connectivity index (χ2n) is 8.61. The Morgan fingerprint density at radius 1 is 1.22 bits per heavy atom. The lowest BCUT2D eigenvalue weighted by Gasteiger charge is -2.38. The summed E-state index contributed by atoms with van der Waals surface area (Å²) in [4.78, 5) is 30.5. The highest BCUT2D eigenvalue weighted by Gasteiger charge is 2.33. The third-order valence-corrected chi connectivity index (χ3v) is 6.39. The van der Waals surface area contributed by atoms with Crippen LogP contribution >= 0.6 is 0 Å². The van der Waals surface area contributed by atoms with E-state index in [-0.39, 0.29) is 24.1 Å². The maximum absolute atomic E-state index is 13.3. The molecule has 1 fully saturated rings. The Hall–Kier alpha value is -2.49. The van der Waals surface area contributed by atoms with Gasteiger partial charge in [0, 0.05) is 19.7 Å². The number of carbonyl (C=O) groups excluding carboxylic acids is 1. The van der Waals surface area contributed by atoms with E-state index in [1.807, 2.05) is 35.2 Å². The minimum absolute atomic E-state index is 0.0279. The Morgan fingerprint density at radius 3 is 2.69 bits per heavy atom. The number of carbonyl (C=O) groups is 1. The number of hydrogen-bond donors (Lipinski definition) is 0. The normalized spacial score (nSPS) is 19.6. The number of piperidine rings is 1. The van der Waals surface area contributed by atoms with E-state index in [2.05, 4.69) is 17.0 Å². The summed E-state index contributed by atoms with van der Waals surface area (Å²) in [5.41, 5.74) is 0.850. The molecule has 0 saturated carbocycles. The number of rotatable bonds is 8. The summed E-state index contributed by atoms with van der Waals surface area (Å²) in [5, 5.41) is 4.56. The highest BCUT2D eigenvalue weighted by Crippen LogP contribution is 2.25. The molecule has 9 heteroatoms. The first-order valence-corrected chi connectivity index (χ1v) is 11.4. The molecule has 1 saturated heterocycles. The van der Waals surface area contributed by atoms with Gasteiger partial charge in [-0.25, -0.2) is 9.48 Å². The predicted octanol–water partition coefficient (Wildman–Crippen LogP) is 1.12. The highest BCUT2D eigenvalue weighted by atomic mass is 16.5. The van der Waals surface area contributed by atoms with Crippen molar-refractivity contribution >= 4 is 5.91 Å². The van der Waals surface area contributed by atoms with Gasteiger partial charge in [0.25, 0.3) is 0 Å². The summed E-state index contributed by atoms with van der Waals surface area (Å²) in [7, 11) is 3.76. The van der Waals surface area contributed by atoms with Crippen LogP contribution in [0.15, 0.2) is 35.1 Å². The van der Waals surface area contributed by atoms with Crippen LogP contribution < -0.4 is 5.69 Å². The second-order valence-corrected chi connectivity index (χ2v) is 8.61. The minimum atomic E-state index is -0.516. The van der Waals surface area contributed by atoms with E-state index < -0.39 is 6.10 Å². The molecule has 2 aliphatic rings. The maximum atomic E-state index is 13.3. The fraction of sp³-hybridized carbons (Fsp3) is 0.609. The zero-order chi connectivity index (χ0) is 22.5. The van der Waals surface area contributed by atoms with Crippen LogP contribution in [0.5, 0.6) is 0 Å². The number of benzene rings is 1. The van der Waals surface area contributed by atoms with E-state index in [0.29, 0.717) is 38.7 Å². The molecule has 2 aliphatic heterocycles. The monoisotopic (exact) mass is 443 g/mol. The molecule has 0 bridgehead atoms. The first-order chi connectivity index (χ1) is 15.6. The Kier molecular flexibility index (Phi) is 7.39. The number of amides is 1. The van der Waals surface area contributed by atoms with E-state index in [0.717, 1.165) is 31.5 Å². The lowest BCUT2D eigenvalue weighted by Crippen LogP contribution is -2.48. The number of ether oxygens (including phenoxy) is 2. The molecule has 0 radical (unpaired) electrons. The quantitative estimate of drug-likeness (QED) is 0.608. The van der Waals surface area contributed by atoms with E-state index in [9.17, 15) is 9.59 Å². The van der Waals surface area contributed by atoms with Crippen LogP contribution in [0, 0.1) is 0 Å². The van der Waals surface area contributed by atoms with Crippen molar-refractivity contribution in [1.29, 1.82) is 0 Å². The van der Waals surface area contributed by atoms with E-state index in [4.69, 9.17) is 9.47 Å². The minimum Gasteiger partial charge on any atom is -0.383 e. The van der Waals surface area contributed by atoms with Crippen LogP contribution in [0.3, 0.4) is 0 Å². The smallest absolute Gasteiger partial charge is 0.346 e. The van der Waals surface area contributed by atoms with E-state index in [1.165, 1.54) is 4.68 Å². The predicted molar refractivity (Wildman–Crippen MR) is 119 cm³/mol. The molecule has 174 valence electrons. The summed E-state index contributed by atoms with van der Waals surface area (Å²) in [6.45, 7) is 4.27. The van der Waals surface area contributed by atoms with Crippen molar-refractivity contribution in [2.75, 3.05) is 47.0 Å². The van der Waals surface area contributed by atoms with Crippen LogP contribution in [-0.2, 0) is 27.4 Å². The van der Waals surface area contributed by atoms with E-state index in [1.54, 1.807) is 11.7 Å². The SMILES string of the molecule is COCCN(C(=O)CC1OCCn2c1nn(Cc1ccccc1)c2=O)C1CCN(C)CC1. The fourth-order valence-electron chi connectivity index (χ4n) is 4.56. The third-order valence-electron chi connectivity index (χ3n) is 6.39. The van der Waals surface area contributed by atoms with Crippen LogP contribution in [0.25, 0.3) is 0 Å². The second kappa shape index (κ2) is 10.4. The van der Waals surface area contributed by atoms with Crippen LogP contribution in [-0.4, -0.2) is 83.1 Å². The summed E-state index contributed by atoms with van der Waals surface area (Å²) in [6.07, 6.45) is 1.57. The lowest BCUT2D eigenvalue weighted by atomic mass is 10.0. The van der Waals surface area contributed by atoms with Gasteiger partial charge in [0.1, 0.15) is 6.10 Å². The molecular formula is C23H33N5O4. The first kappa shape index (κ1) is 22.7. The fourth-order valence-corrected chi connectivity index (χ4v) is 4.56. The third kappa shape index (κ3) is 5.11. The molecule has 2 aromatic rings. The maximum Gasteiger partial charge on any atom is 0.346 e. The molecule has 3 heterocycles. The Balaban J connectivity index is 1.50. The summed E-state index contributed by atoms with van der Waals surface area (Å²) in [5.74, 6) is 0.570. The Bertz CT molecular complexity index is 949. The van der Waals surface area contributed by atoms with Crippen molar-refractivity contribution in [2.24, 2.45) is 0 Å². The molecule has 4 rings (SSSR count). The topological polar surface area (TPSA) is 81.8 Å². The summed E-state index contributed by atoms with van der Waals surface area (Å²) < 4.78 is 14.3. The van der Waals surface area contributed by atoms with Gasteiger partial charge in [-0.2, -0.15) is 5.10 Å². The van der Waals surface area contributed by atoms with Gasteiger partial charge in [-0.05, 0) is 38.5 Å². The molecule has 9 nitrogen and oxygen atoms in total. The van der Waals surface area contributed by atoms with Crippen LogP contribution in [0.2, 0.25) is 0 Å². The Labute approximate surface area is 188 Å². The number of hydrogen-bond acceptors (Lipinski definition) is 6. The molecular weight excluding hydrogens is 410 g/mol. The largest absolute Gasteiger partial charge is 0.383 e. The summed E-state index contributed by atoms with van der Waals surface area (Å²) >= 11 is 0. The molecule has 1 amide bonds.